The van der Waals surface area contributed by atoms with Gasteiger partial charge in [-0.15, -0.1) is 0 Å². The van der Waals surface area contributed by atoms with Crippen LogP contribution in [-0.2, 0) is 42.7 Å². The Labute approximate surface area is 248 Å². The van der Waals surface area contributed by atoms with Gasteiger partial charge in [0.25, 0.3) is 0 Å². The summed E-state index contributed by atoms with van der Waals surface area (Å²) in [5.41, 5.74) is -0.0919. The van der Waals surface area contributed by atoms with E-state index in [0.717, 1.165) is 0 Å². The van der Waals surface area contributed by atoms with Crippen molar-refractivity contribution in [3.05, 3.63) is 11.8 Å². The summed E-state index contributed by atoms with van der Waals surface area (Å²) in [5.74, 6) is -3.25. The third-order valence-corrected chi connectivity index (χ3v) is 9.60. The van der Waals surface area contributed by atoms with Crippen LogP contribution in [0.4, 0.5) is 0 Å². The normalized spacial score (nSPS) is 49.2. The second-order valence-corrected chi connectivity index (χ2v) is 12.1. The first-order valence-electron chi connectivity index (χ1n) is 14.6. The van der Waals surface area contributed by atoms with Gasteiger partial charge < -0.3 is 63.8 Å². The van der Waals surface area contributed by atoms with Crippen LogP contribution in [0.1, 0.15) is 32.6 Å². The van der Waals surface area contributed by atoms with E-state index in [1.165, 1.54) is 21.1 Å². The molecule has 0 bridgehead atoms. The quantitative estimate of drug-likeness (QED) is 0.104. The van der Waals surface area contributed by atoms with Crippen LogP contribution in [-0.4, -0.2) is 143 Å². The van der Waals surface area contributed by atoms with Crippen LogP contribution in [0.25, 0.3) is 0 Å². The van der Waals surface area contributed by atoms with Gasteiger partial charge in [-0.2, -0.15) is 0 Å². The minimum atomic E-state index is -1.75. The molecule has 2 saturated carbocycles. The number of carbonyl (C=O) groups excluding carboxylic acids is 2. The van der Waals surface area contributed by atoms with Gasteiger partial charge in [0.2, 0.25) is 0 Å². The van der Waals surface area contributed by atoms with Crippen LogP contribution >= 0.6 is 0 Å². The molecule has 5 fully saturated rings. The van der Waals surface area contributed by atoms with E-state index in [1.54, 1.807) is 0 Å². The highest BCUT2D eigenvalue weighted by Gasteiger charge is 2.61. The number of carbonyl (C=O) groups is 2. The Balaban J connectivity index is 1.52. The van der Waals surface area contributed by atoms with Crippen molar-refractivity contribution in [1.29, 1.82) is 0 Å². The molecule has 3 saturated heterocycles. The maximum absolute atomic E-state index is 13.1. The molecule has 3 aliphatic heterocycles. The highest BCUT2D eigenvalue weighted by Crippen LogP contribution is 2.51. The minimum absolute atomic E-state index is 0.0919. The molecule has 2 aliphatic carbocycles. The largest absolute Gasteiger partial charge is 0.515 e. The van der Waals surface area contributed by atoms with Gasteiger partial charge in [-0.05, 0) is 18.8 Å². The molecule has 244 valence electrons. The first-order valence-corrected chi connectivity index (χ1v) is 14.6. The van der Waals surface area contributed by atoms with Gasteiger partial charge in [0.1, 0.15) is 43.2 Å². The standard InChI is InChI=1S/C28H42O15/c1-10(30)39-9-18-22(33)23(34)24(35)28(42-18)43-26-19-13(8-29)27(36)41-15-7-12(31)6-14(20(15)19)40-25(26)11-4-16(37-2)21(32)17(5-11)38-3/h8,11-12,14-26,28-29,31-35H,4-7,9H2,1-3H3/t11?,12?,14?,15?,16?,17?,18-,19?,20?,21?,22-,23+,24-,25?,26?,28+/m1/s1. The second-order valence-electron chi connectivity index (χ2n) is 12.1. The molecule has 0 radical (unpaired) electrons. The number of aliphatic hydroxyl groups is 6. The van der Waals surface area contributed by atoms with Crippen molar-refractivity contribution in [2.24, 2.45) is 17.8 Å². The molecule has 0 aromatic rings. The van der Waals surface area contributed by atoms with Gasteiger partial charge in [0, 0.05) is 45.8 Å². The Kier molecular flexibility index (Phi) is 9.97. The third kappa shape index (κ3) is 6.17. The lowest BCUT2D eigenvalue weighted by Gasteiger charge is -2.57. The number of ether oxygens (including phenoxy) is 7. The summed E-state index contributed by atoms with van der Waals surface area (Å²) >= 11 is 0. The van der Waals surface area contributed by atoms with E-state index in [-0.39, 0.29) is 18.4 Å². The average Bonchev–Trinajstić information content (AvgIpc) is 2.97. The fourth-order valence-corrected chi connectivity index (χ4v) is 7.50. The lowest BCUT2D eigenvalue weighted by Crippen LogP contribution is -2.67. The number of esters is 2. The van der Waals surface area contributed by atoms with E-state index in [1.807, 2.05) is 0 Å². The van der Waals surface area contributed by atoms with Crippen LogP contribution < -0.4 is 0 Å². The number of hydrogen-bond acceptors (Lipinski definition) is 15. The second kappa shape index (κ2) is 13.2. The summed E-state index contributed by atoms with van der Waals surface area (Å²) in [7, 11) is 2.92. The number of rotatable bonds is 7. The van der Waals surface area contributed by atoms with Crippen molar-refractivity contribution in [3.63, 3.8) is 0 Å². The van der Waals surface area contributed by atoms with Crippen molar-refractivity contribution >= 4 is 11.9 Å². The van der Waals surface area contributed by atoms with E-state index in [2.05, 4.69) is 0 Å². The van der Waals surface area contributed by atoms with Gasteiger partial charge in [0.15, 0.2) is 6.29 Å². The van der Waals surface area contributed by atoms with Crippen LogP contribution in [0.3, 0.4) is 0 Å². The molecule has 14 atom stereocenters. The van der Waals surface area contributed by atoms with Crippen LogP contribution in [0, 0.1) is 17.8 Å². The molecule has 5 rings (SSSR count). The zero-order chi connectivity index (χ0) is 31.2. The lowest BCUT2D eigenvalue weighted by atomic mass is 9.63. The first-order chi connectivity index (χ1) is 20.5. The molecule has 43 heavy (non-hydrogen) atoms. The van der Waals surface area contributed by atoms with E-state index in [4.69, 9.17) is 33.2 Å². The molecule has 9 unspecified atom stereocenters. The fourth-order valence-electron chi connectivity index (χ4n) is 7.50. The zero-order valence-corrected chi connectivity index (χ0v) is 24.2. The Morgan fingerprint density at radius 3 is 2.16 bits per heavy atom. The third-order valence-electron chi connectivity index (χ3n) is 9.60. The van der Waals surface area contributed by atoms with E-state index in [9.17, 15) is 40.2 Å². The van der Waals surface area contributed by atoms with Crippen molar-refractivity contribution in [2.75, 3.05) is 20.8 Å². The van der Waals surface area contributed by atoms with E-state index < -0.39 is 116 Å². The summed E-state index contributed by atoms with van der Waals surface area (Å²) in [6.45, 7) is 0.734. The molecular formula is C28H42O15. The molecule has 6 N–H and O–H groups in total. The fraction of sp³-hybridized carbons (Fsp3) is 0.857. The molecule has 0 amide bonds. The highest BCUT2D eigenvalue weighted by molar-refractivity contribution is 5.90. The van der Waals surface area contributed by atoms with Gasteiger partial charge in [-0.1, -0.05) is 0 Å². The van der Waals surface area contributed by atoms with Gasteiger partial charge in [-0.25, -0.2) is 4.79 Å². The Morgan fingerprint density at radius 1 is 0.907 bits per heavy atom. The highest BCUT2D eigenvalue weighted by atomic mass is 16.7. The summed E-state index contributed by atoms with van der Waals surface area (Å²) in [5, 5.41) is 63.7. The van der Waals surface area contributed by atoms with Crippen molar-refractivity contribution < 1.29 is 73.4 Å². The molecule has 3 heterocycles. The lowest BCUT2D eigenvalue weighted by molar-refractivity contribution is -0.343. The maximum atomic E-state index is 13.1. The zero-order valence-electron chi connectivity index (χ0n) is 24.2. The van der Waals surface area contributed by atoms with Crippen LogP contribution in [0.2, 0.25) is 0 Å². The van der Waals surface area contributed by atoms with Crippen molar-refractivity contribution in [1.82, 2.24) is 0 Å². The Bertz CT molecular complexity index is 1020. The van der Waals surface area contributed by atoms with Gasteiger partial charge >= 0.3 is 11.9 Å². The topological polar surface area (TPSA) is 220 Å². The summed E-state index contributed by atoms with van der Waals surface area (Å²) < 4.78 is 40.5. The number of hydrogen-bond donors (Lipinski definition) is 6. The molecule has 0 aromatic heterocycles. The molecule has 0 aromatic carbocycles. The Morgan fingerprint density at radius 2 is 1.56 bits per heavy atom. The maximum Gasteiger partial charge on any atom is 0.337 e. The molecular weight excluding hydrogens is 576 g/mol. The predicted molar refractivity (Wildman–Crippen MR) is 140 cm³/mol. The van der Waals surface area contributed by atoms with Crippen molar-refractivity contribution in [3.8, 4) is 0 Å². The van der Waals surface area contributed by atoms with Gasteiger partial charge in [-0.3, -0.25) is 4.79 Å². The molecule has 15 nitrogen and oxygen atoms in total. The summed E-state index contributed by atoms with van der Waals surface area (Å²) in [4.78, 5) is 24.5. The molecule has 15 heteroatoms. The predicted octanol–water partition coefficient (Wildman–Crippen LogP) is -1.93. The first kappa shape index (κ1) is 32.5. The molecule has 5 aliphatic rings. The minimum Gasteiger partial charge on any atom is -0.515 e. The average molecular weight is 619 g/mol. The number of aliphatic hydroxyl groups excluding tert-OH is 6. The van der Waals surface area contributed by atoms with Crippen molar-refractivity contribution in [2.45, 2.75) is 112 Å². The van der Waals surface area contributed by atoms with E-state index in [0.29, 0.717) is 19.1 Å². The Hall–Kier alpha value is -1.92. The SMILES string of the molecule is COC1CC(C2OC3CC(O)CC4OC(=O)C(=CO)C(C2O[C@@H]2O[C@H](COC(C)=O)[C@@H](O)[C@H](O)[C@H]2O)C43)CC(OC)C1O. The molecule has 0 spiro atoms. The van der Waals surface area contributed by atoms with Crippen LogP contribution in [0.15, 0.2) is 11.8 Å². The monoisotopic (exact) mass is 618 g/mol. The van der Waals surface area contributed by atoms with E-state index >= 15 is 0 Å². The van der Waals surface area contributed by atoms with Gasteiger partial charge in [0.05, 0.1) is 48.5 Å². The number of methoxy groups -OCH3 is 2. The summed E-state index contributed by atoms with van der Waals surface area (Å²) in [6.07, 6.45) is -12.7. The van der Waals surface area contributed by atoms with Crippen LogP contribution in [0.5, 0.6) is 0 Å². The smallest absolute Gasteiger partial charge is 0.337 e. The summed E-state index contributed by atoms with van der Waals surface area (Å²) in [6, 6.07) is 0.